The molecule has 1 aromatic rings. The van der Waals surface area contributed by atoms with Crippen LogP contribution in [0.25, 0.3) is 0 Å². The van der Waals surface area contributed by atoms with Gasteiger partial charge in [0.1, 0.15) is 11.9 Å². The van der Waals surface area contributed by atoms with Gasteiger partial charge in [0.25, 0.3) is 0 Å². The van der Waals surface area contributed by atoms with E-state index in [2.05, 4.69) is 5.32 Å². The van der Waals surface area contributed by atoms with Crippen LogP contribution >= 0.6 is 0 Å². The van der Waals surface area contributed by atoms with Gasteiger partial charge >= 0.3 is 0 Å². The fourth-order valence-electron chi connectivity index (χ4n) is 0.904. The average Bonchev–Trinajstić information content (AvgIpc) is 2.52. The van der Waals surface area contributed by atoms with E-state index < -0.39 is 6.10 Å². The largest absolute Gasteiger partial charge is 0.467 e. The number of rotatable bonds is 4. The number of aliphatic hydroxyl groups is 1. The standard InChI is InChI=1S/C8H13NO2/c1-9-5-4-7(10)8-3-2-6-11-8/h2-3,6-7,9-10H,4-5H2,1H3/t7-/m0/s1. The molecule has 0 amide bonds. The lowest BCUT2D eigenvalue weighted by Crippen LogP contribution is -2.11. The summed E-state index contributed by atoms with van der Waals surface area (Å²) in [7, 11) is 1.86. The molecule has 0 radical (unpaired) electrons. The van der Waals surface area contributed by atoms with E-state index in [0.717, 1.165) is 6.54 Å². The molecular weight excluding hydrogens is 142 g/mol. The monoisotopic (exact) mass is 155 g/mol. The molecule has 0 spiro atoms. The highest BCUT2D eigenvalue weighted by molar-refractivity contribution is 5.01. The van der Waals surface area contributed by atoms with E-state index in [0.29, 0.717) is 12.2 Å². The number of hydrogen-bond donors (Lipinski definition) is 2. The molecule has 1 atom stereocenters. The first-order valence-corrected chi connectivity index (χ1v) is 3.70. The third-order valence-electron chi connectivity index (χ3n) is 1.54. The van der Waals surface area contributed by atoms with E-state index in [9.17, 15) is 5.11 Å². The van der Waals surface area contributed by atoms with Crippen molar-refractivity contribution < 1.29 is 9.52 Å². The van der Waals surface area contributed by atoms with E-state index in [4.69, 9.17) is 4.42 Å². The highest BCUT2D eigenvalue weighted by Crippen LogP contribution is 2.15. The van der Waals surface area contributed by atoms with E-state index in [1.807, 2.05) is 7.05 Å². The Hall–Kier alpha value is -0.800. The Kier molecular flexibility index (Phi) is 3.14. The topological polar surface area (TPSA) is 45.4 Å². The summed E-state index contributed by atoms with van der Waals surface area (Å²) in [5.41, 5.74) is 0. The predicted octanol–water partition coefficient (Wildman–Crippen LogP) is 0.923. The molecule has 2 N–H and O–H groups in total. The molecule has 11 heavy (non-hydrogen) atoms. The maximum absolute atomic E-state index is 9.41. The Morgan fingerprint density at radius 1 is 1.73 bits per heavy atom. The van der Waals surface area contributed by atoms with Gasteiger partial charge in [-0.3, -0.25) is 0 Å². The average molecular weight is 155 g/mol. The number of hydrogen-bond acceptors (Lipinski definition) is 3. The number of furan rings is 1. The fraction of sp³-hybridized carbons (Fsp3) is 0.500. The fourth-order valence-corrected chi connectivity index (χ4v) is 0.904. The summed E-state index contributed by atoms with van der Waals surface area (Å²) in [5.74, 6) is 0.639. The number of aliphatic hydroxyl groups excluding tert-OH is 1. The molecule has 62 valence electrons. The Morgan fingerprint density at radius 2 is 2.55 bits per heavy atom. The quantitative estimate of drug-likeness (QED) is 0.679. The molecule has 0 saturated heterocycles. The van der Waals surface area contributed by atoms with Gasteiger partial charge in [-0.25, -0.2) is 0 Å². The van der Waals surface area contributed by atoms with Gasteiger partial charge in [-0.15, -0.1) is 0 Å². The molecule has 0 aliphatic rings. The SMILES string of the molecule is CNCC[C@H](O)c1ccco1. The first kappa shape index (κ1) is 8.30. The van der Waals surface area contributed by atoms with Crippen molar-refractivity contribution in [1.82, 2.24) is 5.32 Å². The van der Waals surface area contributed by atoms with Gasteiger partial charge in [0.05, 0.1) is 6.26 Å². The summed E-state index contributed by atoms with van der Waals surface area (Å²) >= 11 is 0. The van der Waals surface area contributed by atoms with Crippen molar-refractivity contribution in [3.05, 3.63) is 24.2 Å². The summed E-state index contributed by atoms with van der Waals surface area (Å²) in [4.78, 5) is 0. The van der Waals surface area contributed by atoms with Gasteiger partial charge in [0, 0.05) is 0 Å². The summed E-state index contributed by atoms with van der Waals surface area (Å²) < 4.78 is 5.01. The van der Waals surface area contributed by atoms with E-state index in [-0.39, 0.29) is 0 Å². The van der Waals surface area contributed by atoms with Crippen molar-refractivity contribution in [2.24, 2.45) is 0 Å². The molecule has 1 heterocycles. The summed E-state index contributed by atoms with van der Waals surface area (Å²) in [6, 6.07) is 3.55. The second kappa shape index (κ2) is 4.16. The summed E-state index contributed by atoms with van der Waals surface area (Å²) in [6.45, 7) is 0.794. The highest BCUT2D eigenvalue weighted by atomic mass is 16.4. The van der Waals surface area contributed by atoms with Crippen molar-refractivity contribution >= 4 is 0 Å². The molecule has 3 nitrogen and oxygen atoms in total. The third kappa shape index (κ3) is 2.37. The van der Waals surface area contributed by atoms with Crippen molar-refractivity contribution in [2.45, 2.75) is 12.5 Å². The lowest BCUT2D eigenvalue weighted by atomic mass is 10.2. The van der Waals surface area contributed by atoms with E-state index in [1.54, 1.807) is 18.4 Å². The van der Waals surface area contributed by atoms with Crippen molar-refractivity contribution in [3.63, 3.8) is 0 Å². The summed E-state index contributed by atoms with van der Waals surface area (Å²) in [5, 5.41) is 12.4. The highest BCUT2D eigenvalue weighted by Gasteiger charge is 2.08. The van der Waals surface area contributed by atoms with Crippen LogP contribution in [0.5, 0.6) is 0 Å². The Morgan fingerprint density at radius 3 is 3.09 bits per heavy atom. The number of nitrogens with one attached hydrogen (secondary N) is 1. The first-order valence-electron chi connectivity index (χ1n) is 3.70. The predicted molar refractivity (Wildman–Crippen MR) is 42.2 cm³/mol. The van der Waals surface area contributed by atoms with E-state index in [1.165, 1.54) is 0 Å². The van der Waals surface area contributed by atoms with Crippen LogP contribution in [0.1, 0.15) is 18.3 Å². The molecule has 0 fully saturated rings. The van der Waals surface area contributed by atoms with Crippen LogP contribution in [0.15, 0.2) is 22.8 Å². The van der Waals surface area contributed by atoms with Gasteiger partial charge in [0.2, 0.25) is 0 Å². The minimum atomic E-state index is -0.475. The minimum Gasteiger partial charge on any atom is -0.467 e. The smallest absolute Gasteiger partial charge is 0.132 e. The molecular formula is C8H13NO2. The van der Waals surface area contributed by atoms with Crippen LogP contribution in [-0.4, -0.2) is 18.7 Å². The molecule has 0 aliphatic carbocycles. The summed E-state index contributed by atoms with van der Waals surface area (Å²) in [6.07, 6.45) is 1.78. The Balaban J connectivity index is 2.36. The second-order valence-corrected chi connectivity index (χ2v) is 2.42. The molecule has 1 aromatic heterocycles. The van der Waals surface area contributed by atoms with Gasteiger partial charge < -0.3 is 14.8 Å². The zero-order chi connectivity index (χ0) is 8.10. The molecule has 3 heteroatoms. The lowest BCUT2D eigenvalue weighted by molar-refractivity contribution is 0.140. The maximum Gasteiger partial charge on any atom is 0.132 e. The first-order chi connectivity index (χ1) is 5.34. The third-order valence-corrected chi connectivity index (χ3v) is 1.54. The molecule has 0 aliphatic heterocycles. The van der Waals surface area contributed by atoms with Crippen LogP contribution < -0.4 is 5.32 Å². The zero-order valence-corrected chi connectivity index (χ0v) is 6.58. The van der Waals surface area contributed by atoms with E-state index >= 15 is 0 Å². The molecule has 0 aromatic carbocycles. The van der Waals surface area contributed by atoms with Crippen molar-refractivity contribution in [2.75, 3.05) is 13.6 Å². The van der Waals surface area contributed by atoms with Crippen LogP contribution in [0.2, 0.25) is 0 Å². The van der Waals surface area contributed by atoms with Crippen molar-refractivity contribution in [3.8, 4) is 0 Å². The van der Waals surface area contributed by atoms with Crippen LogP contribution in [-0.2, 0) is 0 Å². The molecule has 0 bridgehead atoms. The minimum absolute atomic E-state index is 0.475. The molecule has 0 saturated carbocycles. The maximum atomic E-state index is 9.41. The lowest BCUT2D eigenvalue weighted by Gasteiger charge is -2.05. The van der Waals surface area contributed by atoms with Crippen LogP contribution in [0.4, 0.5) is 0 Å². The Labute approximate surface area is 66.0 Å². The Bertz CT molecular complexity index is 184. The van der Waals surface area contributed by atoms with Crippen LogP contribution in [0.3, 0.4) is 0 Å². The normalized spacial score (nSPS) is 13.3. The van der Waals surface area contributed by atoms with Crippen LogP contribution in [0, 0.1) is 0 Å². The van der Waals surface area contributed by atoms with Gasteiger partial charge in [-0.05, 0) is 32.1 Å². The van der Waals surface area contributed by atoms with Gasteiger partial charge in [0.15, 0.2) is 0 Å². The van der Waals surface area contributed by atoms with Gasteiger partial charge in [-0.1, -0.05) is 0 Å². The zero-order valence-electron chi connectivity index (χ0n) is 6.58. The second-order valence-electron chi connectivity index (χ2n) is 2.42. The molecule has 1 rings (SSSR count). The van der Waals surface area contributed by atoms with Gasteiger partial charge in [-0.2, -0.15) is 0 Å². The van der Waals surface area contributed by atoms with Crippen molar-refractivity contribution in [1.29, 1.82) is 0 Å². The molecule has 0 unspecified atom stereocenters.